The average Bonchev–Trinajstić information content (AvgIpc) is 2.81. The van der Waals surface area contributed by atoms with Crippen LogP contribution in [0, 0.1) is 11.8 Å². The molecule has 0 bridgehead atoms. The minimum Gasteiger partial charge on any atom is -0.444 e. The van der Waals surface area contributed by atoms with Gasteiger partial charge in [0.05, 0.1) is 0 Å². The quantitative estimate of drug-likeness (QED) is 0.686. The van der Waals surface area contributed by atoms with E-state index in [1.807, 2.05) is 0 Å². The molecule has 2 atom stereocenters. The Morgan fingerprint density at radius 2 is 1.38 bits per heavy atom. The highest BCUT2D eigenvalue weighted by molar-refractivity contribution is 5.82. The van der Waals surface area contributed by atoms with Crippen molar-refractivity contribution in [3.63, 3.8) is 0 Å². The third kappa shape index (κ3) is 3.59. The molecular formula is C13H19F3N2O3. The molecular weight excluding hydrogens is 289 g/mol. The number of ether oxygens (including phenoxy) is 1. The Kier molecular flexibility index (Phi) is 3.84. The Hall–Kier alpha value is -1.47. The van der Waals surface area contributed by atoms with E-state index in [9.17, 15) is 22.8 Å². The number of hydrogen-bond donors (Lipinski definition) is 0. The fourth-order valence-corrected chi connectivity index (χ4v) is 2.81. The second kappa shape index (κ2) is 5.06. The summed E-state index contributed by atoms with van der Waals surface area (Å²) in [5, 5.41) is 0. The van der Waals surface area contributed by atoms with Gasteiger partial charge in [-0.25, -0.2) is 4.79 Å². The first-order valence-corrected chi connectivity index (χ1v) is 6.81. The molecule has 0 aliphatic carbocycles. The predicted molar refractivity (Wildman–Crippen MR) is 67.4 cm³/mol. The highest BCUT2D eigenvalue weighted by atomic mass is 19.4. The molecule has 0 aromatic heterocycles. The fourth-order valence-electron chi connectivity index (χ4n) is 2.81. The van der Waals surface area contributed by atoms with Gasteiger partial charge in [-0.2, -0.15) is 13.2 Å². The monoisotopic (exact) mass is 308 g/mol. The van der Waals surface area contributed by atoms with Crippen LogP contribution in [0.15, 0.2) is 0 Å². The van der Waals surface area contributed by atoms with Gasteiger partial charge in [-0.1, -0.05) is 0 Å². The molecule has 2 heterocycles. The largest absolute Gasteiger partial charge is 0.471 e. The van der Waals surface area contributed by atoms with Crippen molar-refractivity contribution in [3.05, 3.63) is 0 Å². The standard InChI is InChI=1S/C13H19F3N2O3/c1-12(2,3)21-11(20)18-6-8-4-17(5-9(8)7-18)10(19)13(14,15)16/h8-9H,4-7H2,1-3H3/t8-,9+. The Morgan fingerprint density at radius 3 is 1.76 bits per heavy atom. The lowest BCUT2D eigenvalue weighted by atomic mass is 10.0. The van der Waals surface area contributed by atoms with Crippen LogP contribution in [0.3, 0.4) is 0 Å². The third-order valence-corrected chi connectivity index (χ3v) is 3.67. The molecule has 2 aliphatic rings. The number of nitrogens with zero attached hydrogens (tertiary/aromatic N) is 2. The molecule has 21 heavy (non-hydrogen) atoms. The van der Waals surface area contributed by atoms with Gasteiger partial charge in [0.15, 0.2) is 0 Å². The van der Waals surface area contributed by atoms with Crippen LogP contribution in [-0.4, -0.2) is 59.8 Å². The maximum absolute atomic E-state index is 12.4. The van der Waals surface area contributed by atoms with Crippen molar-refractivity contribution in [1.82, 2.24) is 9.80 Å². The summed E-state index contributed by atoms with van der Waals surface area (Å²) in [6, 6.07) is 0. The summed E-state index contributed by atoms with van der Waals surface area (Å²) >= 11 is 0. The van der Waals surface area contributed by atoms with Crippen LogP contribution in [0.25, 0.3) is 0 Å². The summed E-state index contributed by atoms with van der Waals surface area (Å²) in [6.07, 6.45) is -5.28. The highest BCUT2D eigenvalue weighted by Crippen LogP contribution is 2.34. The molecule has 2 amide bonds. The van der Waals surface area contributed by atoms with Gasteiger partial charge in [0.2, 0.25) is 0 Å². The number of amides is 2. The topological polar surface area (TPSA) is 49.9 Å². The molecule has 2 saturated heterocycles. The maximum Gasteiger partial charge on any atom is 0.471 e. The maximum atomic E-state index is 12.4. The lowest BCUT2D eigenvalue weighted by molar-refractivity contribution is -0.184. The summed E-state index contributed by atoms with van der Waals surface area (Å²) in [7, 11) is 0. The predicted octanol–water partition coefficient (Wildman–Crippen LogP) is 1.87. The second-order valence-corrected chi connectivity index (χ2v) is 6.61. The number of alkyl halides is 3. The van der Waals surface area contributed by atoms with Crippen molar-refractivity contribution in [1.29, 1.82) is 0 Å². The van der Waals surface area contributed by atoms with Crippen LogP contribution < -0.4 is 0 Å². The molecule has 0 radical (unpaired) electrons. The number of carbonyl (C=O) groups excluding carboxylic acids is 2. The van der Waals surface area contributed by atoms with Gasteiger partial charge >= 0.3 is 18.2 Å². The lowest BCUT2D eigenvalue weighted by Crippen LogP contribution is -2.42. The first kappa shape index (κ1) is 15.9. The van der Waals surface area contributed by atoms with Crippen LogP contribution >= 0.6 is 0 Å². The minimum absolute atomic E-state index is 0.0440. The zero-order chi connectivity index (χ0) is 16.0. The van der Waals surface area contributed by atoms with Crippen molar-refractivity contribution in [3.8, 4) is 0 Å². The molecule has 0 aromatic carbocycles. The van der Waals surface area contributed by atoms with Gasteiger partial charge < -0.3 is 14.5 Å². The highest BCUT2D eigenvalue weighted by Gasteiger charge is 2.50. The number of fused-ring (bicyclic) bond motifs is 1. The summed E-state index contributed by atoms with van der Waals surface area (Å²) in [5.41, 5.74) is -0.604. The molecule has 0 unspecified atom stereocenters. The SMILES string of the molecule is CC(C)(C)OC(=O)N1C[C@@H]2CN(C(=O)C(F)(F)F)C[C@@H]2C1. The number of hydrogen-bond acceptors (Lipinski definition) is 3. The van der Waals surface area contributed by atoms with E-state index in [1.165, 1.54) is 4.90 Å². The van der Waals surface area contributed by atoms with E-state index >= 15 is 0 Å². The first-order chi connectivity index (χ1) is 9.47. The summed E-state index contributed by atoms with van der Waals surface area (Å²) < 4.78 is 42.4. The molecule has 8 heteroatoms. The smallest absolute Gasteiger partial charge is 0.444 e. The van der Waals surface area contributed by atoms with E-state index in [1.54, 1.807) is 20.8 Å². The van der Waals surface area contributed by atoms with Crippen molar-refractivity contribution in [2.45, 2.75) is 32.5 Å². The van der Waals surface area contributed by atoms with Crippen LogP contribution in [0.2, 0.25) is 0 Å². The second-order valence-electron chi connectivity index (χ2n) is 6.61. The Morgan fingerprint density at radius 1 is 0.952 bits per heavy atom. The molecule has 0 spiro atoms. The van der Waals surface area contributed by atoms with E-state index < -0.39 is 23.8 Å². The normalized spacial score (nSPS) is 26.0. The molecule has 120 valence electrons. The average molecular weight is 308 g/mol. The van der Waals surface area contributed by atoms with Crippen molar-refractivity contribution in [2.24, 2.45) is 11.8 Å². The Balaban J connectivity index is 1.90. The van der Waals surface area contributed by atoms with Gasteiger partial charge in [0.1, 0.15) is 5.60 Å². The molecule has 0 saturated carbocycles. The minimum atomic E-state index is -4.83. The first-order valence-electron chi connectivity index (χ1n) is 6.81. The van der Waals surface area contributed by atoms with Crippen molar-refractivity contribution < 1.29 is 27.5 Å². The van der Waals surface area contributed by atoms with Crippen molar-refractivity contribution in [2.75, 3.05) is 26.2 Å². The Bertz CT molecular complexity index is 431. The lowest BCUT2D eigenvalue weighted by Gasteiger charge is -2.26. The van der Waals surface area contributed by atoms with E-state index in [2.05, 4.69) is 0 Å². The molecule has 0 N–H and O–H groups in total. The Labute approximate surface area is 121 Å². The van der Waals surface area contributed by atoms with E-state index in [0.29, 0.717) is 13.1 Å². The number of likely N-dealkylation sites (tertiary alicyclic amines) is 2. The van der Waals surface area contributed by atoms with Gasteiger partial charge in [-0.3, -0.25) is 4.79 Å². The van der Waals surface area contributed by atoms with E-state index in [0.717, 1.165) is 4.90 Å². The van der Waals surface area contributed by atoms with Crippen LogP contribution in [0.4, 0.5) is 18.0 Å². The van der Waals surface area contributed by atoms with Crippen LogP contribution in [0.5, 0.6) is 0 Å². The van der Waals surface area contributed by atoms with Gasteiger partial charge in [0.25, 0.3) is 0 Å². The third-order valence-electron chi connectivity index (χ3n) is 3.67. The van der Waals surface area contributed by atoms with Gasteiger partial charge in [-0.05, 0) is 20.8 Å². The van der Waals surface area contributed by atoms with Crippen molar-refractivity contribution >= 4 is 12.0 Å². The zero-order valence-electron chi connectivity index (χ0n) is 12.2. The fraction of sp³-hybridized carbons (Fsp3) is 0.846. The number of rotatable bonds is 0. The zero-order valence-corrected chi connectivity index (χ0v) is 12.2. The van der Waals surface area contributed by atoms with Gasteiger partial charge in [-0.15, -0.1) is 0 Å². The van der Waals surface area contributed by atoms with Crippen LogP contribution in [-0.2, 0) is 9.53 Å². The summed E-state index contributed by atoms with van der Waals surface area (Å²) in [6.45, 7) is 6.02. The molecule has 5 nitrogen and oxygen atoms in total. The number of carbonyl (C=O) groups is 2. The summed E-state index contributed by atoms with van der Waals surface area (Å²) in [4.78, 5) is 25.5. The molecule has 0 aromatic rings. The van der Waals surface area contributed by atoms with Crippen LogP contribution in [0.1, 0.15) is 20.8 Å². The molecule has 2 rings (SSSR count). The summed E-state index contributed by atoms with van der Waals surface area (Å²) in [5.74, 6) is -2.01. The molecule has 2 fully saturated rings. The van der Waals surface area contributed by atoms with Gasteiger partial charge in [0, 0.05) is 38.0 Å². The number of halogens is 3. The van der Waals surface area contributed by atoms with E-state index in [4.69, 9.17) is 4.74 Å². The molecule has 2 aliphatic heterocycles. The van der Waals surface area contributed by atoms with E-state index in [-0.39, 0.29) is 24.9 Å².